The lowest BCUT2D eigenvalue weighted by molar-refractivity contribution is -0.118. The highest BCUT2D eigenvalue weighted by Crippen LogP contribution is 2.35. The van der Waals surface area contributed by atoms with Gasteiger partial charge in [-0.3, -0.25) is 9.32 Å². The Morgan fingerprint density at radius 3 is 2.59 bits per heavy atom. The van der Waals surface area contributed by atoms with Crippen molar-refractivity contribution in [2.24, 2.45) is 5.73 Å². The predicted octanol–water partition coefficient (Wildman–Crippen LogP) is 3.51. The van der Waals surface area contributed by atoms with E-state index in [0.29, 0.717) is 23.8 Å². The van der Waals surface area contributed by atoms with Gasteiger partial charge in [-0.2, -0.15) is 0 Å². The Hall–Kier alpha value is -3.01. The number of carbonyl (C=O) groups excluding carboxylic acids is 1. The van der Waals surface area contributed by atoms with Crippen molar-refractivity contribution in [1.29, 1.82) is 0 Å². The highest BCUT2D eigenvalue weighted by atomic mass is 31.2. The number of aryl methyl sites for hydroxylation is 1. The number of aromatic nitrogens is 1. The summed E-state index contributed by atoms with van der Waals surface area (Å²) >= 11 is 0. The molecular weight excluding hydrogens is 461 g/mol. The van der Waals surface area contributed by atoms with Crippen LogP contribution < -0.4 is 15.8 Å². The molecule has 0 saturated carbocycles. The molecule has 1 unspecified atom stereocenters. The van der Waals surface area contributed by atoms with Gasteiger partial charge in [-0.15, -0.1) is 0 Å². The first-order valence-corrected chi connectivity index (χ1v) is 12.3. The zero-order chi connectivity index (χ0) is 24.4. The summed E-state index contributed by atoms with van der Waals surface area (Å²) in [5.74, 6) is 0.436. The van der Waals surface area contributed by atoms with Crippen LogP contribution in [0.4, 0.5) is 5.82 Å². The maximum atomic E-state index is 12.2. The molecule has 3 rings (SSSR count). The fraction of sp³-hybridized carbons (Fsp3) is 0.304. The molecule has 5 N–H and O–H groups in total. The lowest BCUT2D eigenvalue weighted by Crippen LogP contribution is -2.39. The lowest BCUT2D eigenvalue weighted by Gasteiger charge is -2.14. The number of hydrogen-bond donors (Lipinski definition) is 4. The second-order valence-corrected chi connectivity index (χ2v) is 8.79. The summed E-state index contributed by atoms with van der Waals surface area (Å²) in [6, 6.07) is 15.7. The molecule has 34 heavy (non-hydrogen) atoms. The predicted molar refractivity (Wildman–Crippen MR) is 126 cm³/mol. The minimum Gasteiger partial charge on any atom is -0.491 e. The van der Waals surface area contributed by atoms with E-state index >= 15 is 0 Å². The van der Waals surface area contributed by atoms with Crippen LogP contribution in [-0.4, -0.2) is 39.9 Å². The van der Waals surface area contributed by atoms with Crippen molar-refractivity contribution in [3.05, 3.63) is 66.4 Å². The number of benzene rings is 1. The number of phosphoric acid groups is 1. The van der Waals surface area contributed by atoms with Gasteiger partial charge in [0.15, 0.2) is 5.76 Å². The van der Waals surface area contributed by atoms with Crippen molar-refractivity contribution >= 4 is 19.5 Å². The van der Waals surface area contributed by atoms with Gasteiger partial charge < -0.3 is 30.0 Å². The number of hydrogen-bond acceptors (Lipinski definition) is 7. The summed E-state index contributed by atoms with van der Waals surface area (Å²) < 4.78 is 26.4. The highest BCUT2D eigenvalue weighted by molar-refractivity contribution is 7.46. The van der Waals surface area contributed by atoms with Gasteiger partial charge in [0, 0.05) is 0 Å². The topological polar surface area (TPSA) is 157 Å². The third-order valence-electron chi connectivity index (χ3n) is 4.83. The zero-order valence-electron chi connectivity index (χ0n) is 18.5. The quantitative estimate of drug-likeness (QED) is 0.208. The molecule has 1 atom stereocenters. The Kier molecular flexibility index (Phi) is 9.38. The number of nitrogens with two attached hydrogens (primary N) is 1. The summed E-state index contributed by atoms with van der Waals surface area (Å²) in [6.45, 7) is -0.146. The zero-order valence-corrected chi connectivity index (χ0v) is 19.4. The molecule has 2 heterocycles. The van der Waals surface area contributed by atoms with Crippen molar-refractivity contribution in [3.63, 3.8) is 0 Å². The summed E-state index contributed by atoms with van der Waals surface area (Å²) in [7, 11) is -4.73. The smallest absolute Gasteiger partial charge is 0.469 e. The van der Waals surface area contributed by atoms with Crippen LogP contribution in [-0.2, 0) is 20.3 Å². The molecule has 2 aromatic heterocycles. The minimum atomic E-state index is -4.73. The van der Waals surface area contributed by atoms with E-state index in [1.807, 2.05) is 18.2 Å². The van der Waals surface area contributed by atoms with Crippen LogP contribution in [0.1, 0.15) is 24.8 Å². The van der Waals surface area contributed by atoms with E-state index in [1.165, 1.54) is 11.8 Å². The first-order chi connectivity index (χ1) is 16.3. The van der Waals surface area contributed by atoms with E-state index in [-0.39, 0.29) is 5.82 Å². The molecule has 0 saturated heterocycles. The number of anilines is 1. The third-order valence-corrected chi connectivity index (χ3v) is 5.32. The van der Waals surface area contributed by atoms with Crippen molar-refractivity contribution in [2.75, 3.05) is 18.5 Å². The van der Waals surface area contributed by atoms with E-state index in [4.69, 9.17) is 24.7 Å². The molecule has 11 heteroatoms. The van der Waals surface area contributed by atoms with Crippen LogP contribution in [0.15, 0.2) is 65.3 Å². The van der Waals surface area contributed by atoms with E-state index in [2.05, 4.69) is 27.0 Å². The molecule has 10 nitrogen and oxygen atoms in total. The fourth-order valence-electron chi connectivity index (χ4n) is 3.13. The maximum Gasteiger partial charge on any atom is 0.469 e. The largest absolute Gasteiger partial charge is 0.491 e. The van der Waals surface area contributed by atoms with Gasteiger partial charge in [-0.25, -0.2) is 9.55 Å². The molecule has 1 aromatic carbocycles. The number of unbranched alkanes of at least 4 members (excludes halogenated alkanes) is 2. The summed E-state index contributed by atoms with van der Waals surface area (Å²) in [5.41, 5.74) is 7.35. The van der Waals surface area contributed by atoms with Crippen LogP contribution in [0.25, 0.3) is 11.5 Å². The molecule has 0 aliphatic carbocycles. The Balaban J connectivity index is 1.55. The van der Waals surface area contributed by atoms with Crippen molar-refractivity contribution in [3.8, 4) is 17.2 Å². The highest BCUT2D eigenvalue weighted by Gasteiger charge is 2.21. The summed E-state index contributed by atoms with van der Waals surface area (Å²) in [6.07, 6.45) is 5.48. The standard InChI is InChI=1S/C23H28N3O7P/c24-18(16-33-34(28,29)30)23(27)26-21-13-12-20(22(25-21)19-11-7-15-32-19)31-14-6-2-5-10-17-8-3-1-4-9-17/h1,3-4,7-9,11-13,15,18H,2,5-6,10,14,16,24H2,(H,25,26,27)(H2,28,29,30). The van der Waals surface area contributed by atoms with E-state index in [1.54, 1.807) is 24.3 Å². The van der Waals surface area contributed by atoms with Crippen LogP contribution in [0, 0.1) is 0 Å². The molecule has 3 aromatic rings. The number of rotatable bonds is 13. The number of furan rings is 1. The maximum absolute atomic E-state index is 12.2. The Bertz CT molecular complexity index is 1090. The Morgan fingerprint density at radius 2 is 1.88 bits per heavy atom. The number of pyridine rings is 1. The third kappa shape index (κ3) is 8.40. The number of nitrogens with one attached hydrogen (secondary N) is 1. The van der Waals surface area contributed by atoms with Crippen LogP contribution in [0.2, 0.25) is 0 Å². The Labute approximate surface area is 197 Å². The van der Waals surface area contributed by atoms with Crippen molar-refractivity contribution in [2.45, 2.75) is 31.7 Å². The number of ether oxygens (including phenoxy) is 1. The van der Waals surface area contributed by atoms with Crippen LogP contribution in [0.5, 0.6) is 5.75 Å². The lowest BCUT2D eigenvalue weighted by atomic mass is 10.1. The molecular formula is C23H28N3O7P. The van der Waals surface area contributed by atoms with Gasteiger partial charge in [0.25, 0.3) is 0 Å². The molecule has 182 valence electrons. The number of carbonyl (C=O) groups is 1. The molecule has 0 fully saturated rings. The first kappa shape index (κ1) is 25.6. The van der Waals surface area contributed by atoms with Gasteiger partial charge in [-0.1, -0.05) is 30.3 Å². The summed E-state index contributed by atoms with van der Waals surface area (Å²) in [5, 5.41) is 2.50. The first-order valence-electron chi connectivity index (χ1n) is 10.8. The SMILES string of the molecule is NC(COP(=O)(O)O)C(=O)Nc1ccc(OCCCCCc2ccccc2)c(-c2ccco2)n1. The number of nitrogens with zero attached hydrogens (tertiary/aromatic N) is 1. The van der Waals surface area contributed by atoms with Gasteiger partial charge in [-0.05, 0) is 55.5 Å². The van der Waals surface area contributed by atoms with Crippen LogP contribution >= 0.6 is 7.82 Å². The van der Waals surface area contributed by atoms with Crippen molar-refractivity contribution in [1.82, 2.24) is 4.98 Å². The normalized spacial score (nSPS) is 12.3. The fourth-order valence-corrected chi connectivity index (χ4v) is 3.48. The van der Waals surface area contributed by atoms with E-state index in [9.17, 15) is 9.36 Å². The van der Waals surface area contributed by atoms with Crippen molar-refractivity contribution < 1.29 is 32.8 Å². The number of phosphoric ester groups is 1. The van der Waals surface area contributed by atoms with E-state index < -0.39 is 26.4 Å². The molecule has 0 radical (unpaired) electrons. The van der Waals surface area contributed by atoms with Gasteiger partial charge in [0.2, 0.25) is 5.91 Å². The average Bonchev–Trinajstić information content (AvgIpc) is 3.35. The van der Waals surface area contributed by atoms with Gasteiger partial charge >= 0.3 is 7.82 Å². The van der Waals surface area contributed by atoms with E-state index in [0.717, 1.165) is 25.7 Å². The molecule has 1 amide bonds. The number of amides is 1. The molecule has 0 spiro atoms. The second kappa shape index (κ2) is 12.5. The summed E-state index contributed by atoms with van der Waals surface area (Å²) in [4.78, 5) is 34.1. The molecule has 0 aliphatic rings. The average molecular weight is 489 g/mol. The molecule has 0 bridgehead atoms. The monoisotopic (exact) mass is 489 g/mol. The molecule has 0 aliphatic heterocycles. The van der Waals surface area contributed by atoms with Gasteiger partial charge in [0.05, 0.1) is 19.5 Å². The minimum absolute atomic E-state index is 0.179. The van der Waals surface area contributed by atoms with Gasteiger partial charge in [0.1, 0.15) is 23.3 Å². The van der Waals surface area contributed by atoms with Crippen LogP contribution in [0.3, 0.4) is 0 Å². The second-order valence-electron chi connectivity index (χ2n) is 7.55. The Morgan fingerprint density at radius 1 is 1.09 bits per heavy atom.